The quantitative estimate of drug-likeness (QED) is 0.158. The smallest absolute Gasteiger partial charge is 0.251 e. The maximum atomic E-state index is 15.4. The number of hydrogen-bond acceptors (Lipinski definition) is 4. The Bertz CT molecular complexity index is 1890. The Morgan fingerprint density at radius 1 is 1.07 bits per heavy atom. The fourth-order valence-electron chi connectivity index (χ4n) is 5.50. The van der Waals surface area contributed by atoms with Crippen molar-refractivity contribution in [2.24, 2.45) is 0 Å². The number of nitrogens with one attached hydrogen (secondary N) is 2. The van der Waals surface area contributed by atoms with Crippen LogP contribution in [0.3, 0.4) is 0 Å². The van der Waals surface area contributed by atoms with Gasteiger partial charge in [-0.05, 0) is 84.0 Å². The molecular formula is C37H37Cl2F2N3O2. The van der Waals surface area contributed by atoms with Crippen molar-refractivity contribution in [1.29, 1.82) is 0 Å². The molecule has 3 aromatic carbocycles. The Kier molecular flexibility index (Phi) is 9.87. The van der Waals surface area contributed by atoms with Crippen LogP contribution in [0.2, 0.25) is 10.0 Å². The molecule has 240 valence electrons. The molecule has 1 aliphatic rings. The van der Waals surface area contributed by atoms with Crippen LogP contribution in [0.1, 0.15) is 85.1 Å². The van der Waals surface area contributed by atoms with E-state index in [9.17, 15) is 14.3 Å². The Morgan fingerprint density at radius 3 is 2.39 bits per heavy atom. The maximum absolute atomic E-state index is 15.4. The third-order valence-corrected chi connectivity index (χ3v) is 8.78. The second kappa shape index (κ2) is 13.5. The van der Waals surface area contributed by atoms with Gasteiger partial charge in [-0.1, -0.05) is 74.0 Å². The molecule has 3 N–H and O–H groups in total. The van der Waals surface area contributed by atoms with Crippen molar-refractivity contribution in [3.63, 3.8) is 0 Å². The van der Waals surface area contributed by atoms with E-state index >= 15 is 4.39 Å². The minimum atomic E-state index is -1.34. The van der Waals surface area contributed by atoms with Crippen LogP contribution in [0, 0.1) is 11.6 Å². The van der Waals surface area contributed by atoms with Crippen molar-refractivity contribution in [2.45, 2.75) is 64.0 Å². The molecule has 5 nitrogen and oxygen atoms in total. The average Bonchev–Trinajstić information content (AvgIpc) is 3.84. The third kappa shape index (κ3) is 7.43. The molecule has 0 aliphatic heterocycles. The fraction of sp³-hybridized carbons (Fsp3) is 0.297. The number of benzene rings is 3. The van der Waals surface area contributed by atoms with Crippen LogP contribution in [-0.4, -0.2) is 28.6 Å². The zero-order valence-corrected chi connectivity index (χ0v) is 27.7. The van der Waals surface area contributed by atoms with Gasteiger partial charge in [-0.15, -0.1) is 0 Å². The van der Waals surface area contributed by atoms with Gasteiger partial charge >= 0.3 is 0 Å². The lowest BCUT2D eigenvalue weighted by Gasteiger charge is -2.29. The summed E-state index contributed by atoms with van der Waals surface area (Å²) in [6.07, 6.45) is 4.04. The minimum Gasteiger partial charge on any atom is -0.388 e. The normalized spacial score (nSPS) is 14.4. The highest BCUT2D eigenvalue weighted by atomic mass is 35.5. The van der Waals surface area contributed by atoms with E-state index in [-0.39, 0.29) is 34.6 Å². The van der Waals surface area contributed by atoms with Gasteiger partial charge in [0, 0.05) is 46.9 Å². The molecule has 1 fully saturated rings. The standard InChI is InChI=1S/C37H37Cl2F2N3O2/c1-20(2)34-28(37(4,5)46)16-33(44-35(34)26-15-30(39)32(41)17-31(26)40)27(22-9-7-6-8-10-22)19-43-36(45)23-13-24(18-42-25-11-12-25)21(3)29(38)14-23/h6-10,13-18,20,25,27,42,46H,3,11-12,19H2,1-2,4-5H3,(H,43,45)/b24-18-. The van der Waals surface area contributed by atoms with Gasteiger partial charge in [0.25, 0.3) is 5.91 Å². The summed E-state index contributed by atoms with van der Waals surface area (Å²) in [6, 6.07) is 17.0. The van der Waals surface area contributed by atoms with Gasteiger partial charge in [0.2, 0.25) is 0 Å². The summed E-state index contributed by atoms with van der Waals surface area (Å²) in [4.78, 5) is 18.5. The molecule has 0 bridgehead atoms. The first-order chi connectivity index (χ1) is 21.7. The highest BCUT2D eigenvalue weighted by Gasteiger charge is 2.30. The van der Waals surface area contributed by atoms with Crippen LogP contribution in [0.25, 0.3) is 24.0 Å². The molecule has 1 unspecified atom stereocenters. The predicted molar refractivity (Wildman–Crippen MR) is 181 cm³/mol. The van der Waals surface area contributed by atoms with Crippen LogP contribution >= 0.6 is 23.2 Å². The first kappa shape index (κ1) is 33.6. The lowest BCUT2D eigenvalue weighted by atomic mass is 9.82. The highest BCUT2D eigenvalue weighted by Crippen LogP contribution is 2.40. The molecular weight excluding hydrogens is 627 g/mol. The number of carbonyl (C=O) groups excluding carboxylic acids is 1. The van der Waals surface area contributed by atoms with E-state index in [1.54, 1.807) is 32.0 Å². The summed E-state index contributed by atoms with van der Waals surface area (Å²) < 4.78 is 29.6. The molecule has 0 saturated heterocycles. The Labute approximate surface area is 278 Å². The van der Waals surface area contributed by atoms with Gasteiger partial charge in [0.15, 0.2) is 0 Å². The number of hydrogen-bond donors (Lipinski definition) is 3. The van der Waals surface area contributed by atoms with E-state index in [0.29, 0.717) is 38.7 Å². The molecule has 1 saturated carbocycles. The molecule has 1 atom stereocenters. The third-order valence-electron chi connectivity index (χ3n) is 8.15. The van der Waals surface area contributed by atoms with E-state index in [1.807, 2.05) is 50.4 Å². The van der Waals surface area contributed by atoms with Crippen LogP contribution < -0.4 is 21.1 Å². The number of nitrogens with zero attached hydrogens (tertiary/aromatic N) is 1. The van der Waals surface area contributed by atoms with Crippen molar-refractivity contribution in [2.75, 3.05) is 6.54 Å². The number of aromatic nitrogens is 1. The largest absolute Gasteiger partial charge is 0.388 e. The number of rotatable bonds is 10. The molecule has 46 heavy (non-hydrogen) atoms. The number of pyridine rings is 1. The first-order valence-electron chi connectivity index (χ1n) is 15.2. The van der Waals surface area contributed by atoms with Crippen molar-refractivity contribution in [3.8, 4) is 11.3 Å². The van der Waals surface area contributed by atoms with Gasteiger partial charge in [-0.25, -0.2) is 8.78 Å². The van der Waals surface area contributed by atoms with Crippen molar-refractivity contribution >= 4 is 41.9 Å². The van der Waals surface area contributed by atoms with Crippen LogP contribution in [0.4, 0.5) is 8.78 Å². The molecule has 9 heteroatoms. The average molecular weight is 665 g/mol. The van der Waals surface area contributed by atoms with Crippen molar-refractivity contribution in [1.82, 2.24) is 15.6 Å². The summed E-state index contributed by atoms with van der Waals surface area (Å²) in [5, 5.41) is 19.2. The zero-order chi connectivity index (χ0) is 33.3. The van der Waals surface area contributed by atoms with E-state index < -0.39 is 23.2 Å². The summed E-state index contributed by atoms with van der Waals surface area (Å²) in [6.45, 7) is 11.3. The minimum absolute atomic E-state index is 0.0183. The first-order valence-corrected chi connectivity index (χ1v) is 16.0. The number of carbonyl (C=O) groups is 1. The predicted octanol–water partition coefficient (Wildman–Crippen LogP) is 7.15. The van der Waals surface area contributed by atoms with Crippen molar-refractivity contribution < 1.29 is 18.7 Å². The Balaban J connectivity index is 1.61. The monoisotopic (exact) mass is 663 g/mol. The van der Waals surface area contributed by atoms with Crippen LogP contribution in [0.5, 0.6) is 0 Å². The maximum Gasteiger partial charge on any atom is 0.251 e. The summed E-state index contributed by atoms with van der Waals surface area (Å²) in [5.74, 6) is -2.74. The second-order valence-electron chi connectivity index (χ2n) is 12.6. The SMILES string of the molecule is C=c1c(Cl)cc(C(=O)NCC(c2ccccc2)c2cc(C(C)(C)O)c(C(C)C)c(-c3cc(Cl)c(F)cc3F)n2)c/c1=C/NC1CC1. The fourth-order valence-corrected chi connectivity index (χ4v) is 5.89. The lowest BCUT2D eigenvalue weighted by Crippen LogP contribution is -2.33. The number of amides is 1. The topological polar surface area (TPSA) is 74.2 Å². The Hall–Kier alpha value is -3.78. The molecule has 4 aromatic rings. The number of halogens is 4. The van der Waals surface area contributed by atoms with E-state index in [0.717, 1.165) is 29.7 Å². The van der Waals surface area contributed by atoms with E-state index in [1.165, 1.54) is 6.07 Å². The summed E-state index contributed by atoms with van der Waals surface area (Å²) in [5.41, 5.74) is 1.77. The lowest BCUT2D eigenvalue weighted by molar-refractivity contribution is 0.0771. The van der Waals surface area contributed by atoms with Crippen molar-refractivity contribution in [3.05, 3.63) is 121 Å². The van der Waals surface area contributed by atoms with Gasteiger partial charge in [0.1, 0.15) is 11.6 Å². The number of aliphatic hydroxyl groups is 1. The van der Waals surface area contributed by atoms with Gasteiger partial charge in [-0.2, -0.15) is 0 Å². The molecule has 1 amide bonds. The summed E-state index contributed by atoms with van der Waals surface area (Å²) >= 11 is 12.6. The molecule has 0 spiro atoms. The Morgan fingerprint density at radius 2 is 1.76 bits per heavy atom. The molecule has 1 heterocycles. The molecule has 1 aliphatic carbocycles. The summed E-state index contributed by atoms with van der Waals surface area (Å²) in [7, 11) is 0. The van der Waals surface area contributed by atoms with Gasteiger partial charge < -0.3 is 15.7 Å². The zero-order valence-electron chi connectivity index (χ0n) is 26.2. The molecule has 5 rings (SSSR count). The van der Waals surface area contributed by atoms with Crippen LogP contribution in [0.15, 0.2) is 60.7 Å². The molecule has 1 aromatic heterocycles. The second-order valence-corrected chi connectivity index (χ2v) is 13.4. The van der Waals surface area contributed by atoms with Crippen LogP contribution in [-0.2, 0) is 5.60 Å². The molecule has 0 radical (unpaired) electrons. The van der Waals surface area contributed by atoms with E-state index in [2.05, 4.69) is 17.2 Å². The highest BCUT2D eigenvalue weighted by molar-refractivity contribution is 6.31. The van der Waals surface area contributed by atoms with E-state index in [4.69, 9.17) is 28.2 Å². The van der Waals surface area contributed by atoms with Gasteiger partial charge in [0.05, 0.1) is 22.0 Å². The van der Waals surface area contributed by atoms with Gasteiger partial charge in [-0.3, -0.25) is 9.78 Å².